The normalized spacial score (nSPS) is 20.6. The molecule has 0 bridgehead atoms. The zero-order chi connectivity index (χ0) is 13.9. The van der Waals surface area contributed by atoms with Crippen LogP contribution in [-0.4, -0.2) is 40.9 Å². The number of hydrogen-bond acceptors (Lipinski definition) is 6. The van der Waals surface area contributed by atoms with Crippen LogP contribution in [0, 0.1) is 0 Å². The number of sulfonamides is 1. The van der Waals surface area contributed by atoms with E-state index >= 15 is 0 Å². The fourth-order valence-corrected chi connectivity index (χ4v) is 3.68. The standard InChI is InChI=1S/C10H15BrN2O5S/c11-10-9(3-7(4-12)18-10)19(14,15)13-5-8-6-16-1-2-17-8/h3,8,13H,1-2,4-6,12H2. The van der Waals surface area contributed by atoms with Gasteiger partial charge in [-0.25, -0.2) is 13.1 Å². The second-order valence-electron chi connectivity index (χ2n) is 3.97. The Morgan fingerprint density at radius 2 is 2.26 bits per heavy atom. The molecular formula is C10H15BrN2O5S. The van der Waals surface area contributed by atoms with Gasteiger partial charge >= 0.3 is 0 Å². The highest BCUT2D eigenvalue weighted by atomic mass is 79.9. The van der Waals surface area contributed by atoms with Gasteiger partial charge in [0.15, 0.2) is 4.67 Å². The largest absolute Gasteiger partial charge is 0.452 e. The van der Waals surface area contributed by atoms with Gasteiger partial charge in [0.1, 0.15) is 10.7 Å². The molecule has 0 saturated carbocycles. The first kappa shape index (κ1) is 14.9. The summed E-state index contributed by atoms with van der Waals surface area (Å²) in [7, 11) is -3.66. The fraction of sp³-hybridized carbons (Fsp3) is 0.600. The van der Waals surface area contributed by atoms with Crippen LogP contribution >= 0.6 is 15.9 Å². The van der Waals surface area contributed by atoms with Crippen molar-refractivity contribution >= 4 is 26.0 Å². The maximum Gasteiger partial charge on any atom is 0.245 e. The Balaban J connectivity index is 2.02. The molecule has 0 spiro atoms. The lowest BCUT2D eigenvalue weighted by Crippen LogP contribution is -2.39. The molecule has 0 aliphatic carbocycles. The zero-order valence-electron chi connectivity index (χ0n) is 10.1. The zero-order valence-corrected chi connectivity index (χ0v) is 12.5. The van der Waals surface area contributed by atoms with Gasteiger partial charge in [0.2, 0.25) is 10.0 Å². The van der Waals surface area contributed by atoms with Crippen molar-refractivity contribution in [1.29, 1.82) is 0 Å². The maximum atomic E-state index is 12.1. The highest BCUT2D eigenvalue weighted by Gasteiger charge is 2.24. The summed E-state index contributed by atoms with van der Waals surface area (Å²) in [6, 6.07) is 1.39. The van der Waals surface area contributed by atoms with E-state index in [-0.39, 0.29) is 28.8 Å². The molecule has 2 heterocycles. The summed E-state index contributed by atoms with van der Waals surface area (Å²) in [4.78, 5) is 0.0321. The lowest BCUT2D eigenvalue weighted by molar-refractivity contribution is -0.0846. The minimum Gasteiger partial charge on any atom is -0.452 e. The van der Waals surface area contributed by atoms with Gasteiger partial charge in [-0.05, 0) is 15.9 Å². The molecule has 2 rings (SSSR count). The molecular weight excluding hydrogens is 340 g/mol. The van der Waals surface area contributed by atoms with Crippen LogP contribution in [0.3, 0.4) is 0 Å². The predicted octanol–water partition coefficient (Wildman–Crippen LogP) is 0.195. The van der Waals surface area contributed by atoms with Crippen LogP contribution in [0.5, 0.6) is 0 Å². The smallest absolute Gasteiger partial charge is 0.245 e. The molecule has 0 amide bonds. The van der Waals surface area contributed by atoms with Crippen LogP contribution in [0.15, 0.2) is 20.0 Å². The summed E-state index contributed by atoms with van der Waals surface area (Å²) >= 11 is 3.06. The predicted molar refractivity (Wildman–Crippen MR) is 70.0 cm³/mol. The summed E-state index contributed by atoms with van der Waals surface area (Å²) in [5, 5.41) is 0. The Hall–Kier alpha value is -0.450. The number of nitrogens with two attached hydrogens (primary N) is 1. The van der Waals surface area contributed by atoms with Gasteiger partial charge in [-0.15, -0.1) is 0 Å². The molecule has 1 aliphatic heterocycles. The Morgan fingerprint density at radius 3 is 2.84 bits per heavy atom. The van der Waals surface area contributed by atoms with Gasteiger partial charge in [0.05, 0.1) is 32.5 Å². The fourth-order valence-electron chi connectivity index (χ4n) is 1.62. The Kier molecular flexibility index (Phi) is 4.98. The minimum absolute atomic E-state index is 0.0321. The van der Waals surface area contributed by atoms with E-state index in [0.29, 0.717) is 25.6 Å². The summed E-state index contributed by atoms with van der Waals surface area (Å²) in [6.07, 6.45) is -0.275. The number of hydrogen-bond donors (Lipinski definition) is 2. The van der Waals surface area contributed by atoms with E-state index < -0.39 is 10.0 Å². The molecule has 0 radical (unpaired) electrons. The van der Waals surface area contributed by atoms with Crippen molar-refractivity contribution in [2.24, 2.45) is 5.73 Å². The lowest BCUT2D eigenvalue weighted by atomic mass is 10.3. The van der Waals surface area contributed by atoms with E-state index in [1.165, 1.54) is 6.07 Å². The molecule has 1 atom stereocenters. The van der Waals surface area contributed by atoms with Crippen molar-refractivity contribution in [2.45, 2.75) is 17.5 Å². The highest BCUT2D eigenvalue weighted by Crippen LogP contribution is 2.25. The summed E-state index contributed by atoms with van der Waals surface area (Å²) in [6.45, 7) is 1.67. The first-order chi connectivity index (χ1) is 9.03. The molecule has 1 aromatic rings. The van der Waals surface area contributed by atoms with Gasteiger partial charge in [-0.2, -0.15) is 0 Å². The maximum absolute atomic E-state index is 12.1. The van der Waals surface area contributed by atoms with Crippen LogP contribution in [0.2, 0.25) is 0 Å². The van der Waals surface area contributed by atoms with Crippen LogP contribution in [0.25, 0.3) is 0 Å². The molecule has 3 N–H and O–H groups in total. The quantitative estimate of drug-likeness (QED) is 0.782. The molecule has 0 aromatic carbocycles. The molecule has 19 heavy (non-hydrogen) atoms. The van der Waals surface area contributed by atoms with E-state index in [1.54, 1.807) is 0 Å². The third-order valence-corrected chi connectivity index (χ3v) is 4.86. The number of ether oxygens (including phenoxy) is 2. The van der Waals surface area contributed by atoms with Crippen LogP contribution in [-0.2, 0) is 26.0 Å². The average Bonchev–Trinajstić information content (AvgIpc) is 2.80. The first-order valence-corrected chi connectivity index (χ1v) is 7.98. The van der Waals surface area contributed by atoms with Crippen molar-refractivity contribution in [3.8, 4) is 0 Å². The van der Waals surface area contributed by atoms with Crippen molar-refractivity contribution in [3.05, 3.63) is 16.5 Å². The van der Waals surface area contributed by atoms with Gasteiger partial charge in [-0.1, -0.05) is 0 Å². The van der Waals surface area contributed by atoms with E-state index in [0.717, 1.165) is 0 Å². The van der Waals surface area contributed by atoms with E-state index in [4.69, 9.17) is 19.6 Å². The average molecular weight is 355 g/mol. The third-order valence-electron chi connectivity index (χ3n) is 2.58. The molecule has 1 saturated heterocycles. The molecule has 1 unspecified atom stereocenters. The monoisotopic (exact) mass is 354 g/mol. The number of halogens is 1. The Bertz CT molecular complexity index is 524. The van der Waals surface area contributed by atoms with E-state index in [2.05, 4.69) is 20.7 Å². The Morgan fingerprint density at radius 1 is 1.47 bits per heavy atom. The highest BCUT2D eigenvalue weighted by molar-refractivity contribution is 9.10. The minimum atomic E-state index is -3.66. The third kappa shape index (κ3) is 3.77. The topological polar surface area (TPSA) is 104 Å². The number of nitrogens with one attached hydrogen (secondary N) is 1. The van der Waals surface area contributed by atoms with Crippen molar-refractivity contribution in [3.63, 3.8) is 0 Å². The molecule has 1 fully saturated rings. The SMILES string of the molecule is NCc1cc(S(=O)(=O)NCC2COCCO2)c(Br)o1. The summed E-state index contributed by atoms with van der Waals surface area (Å²) in [5.41, 5.74) is 5.40. The van der Waals surface area contributed by atoms with E-state index in [1.807, 2.05) is 0 Å². The molecule has 7 nitrogen and oxygen atoms in total. The number of rotatable bonds is 5. The molecule has 108 valence electrons. The van der Waals surface area contributed by atoms with Gasteiger partial charge in [-0.3, -0.25) is 0 Å². The second-order valence-corrected chi connectivity index (χ2v) is 6.43. The van der Waals surface area contributed by atoms with Crippen LogP contribution in [0.1, 0.15) is 5.76 Å². The lowest BCUT2D eigenvalue weighted by Gasteiger charge is -2.22. The van der Waals surface area contributed by atoms with Crippen LogP contribution in [0.4, 0.5) is 0 Å². The number of furan rings is 1. The van der Waals surface area contributed by atoms with Crippen molar-refractivity contribution < 1.29 is 22.3 Å². The first-order valence-electron chi connectivity index (χ1n) is 5.70. The van der Waals surface area contributed by atoms with Crippen molar-refractivity contribution in [2.75, 3.05) is 26.4 Å². The van der Waals surface area contributed by atoms with Gasteiger partial charge < -0.3 is 19.6 Å². The van der Waals surface area contributed by atoms with Crippen molar-refractivity contribution in [1.82, 2.24) is 4.72 Å². The Labute approximate surface area is 119 Å². The molecule has 1 aliphatic rings. The molecule has 1 aromatic heterocycles. The second kappa shape index (κ2) is 6.33. The van der Waals surface area contributed by atoms with Gasteiger partial charge in [0.25, 0.3) is 0 Å². The summed E-state index contributed by atoms with van der Waals surface area (Å²) < 4.78 is 42.5. The summed E-state index contributed by atoms with van der Waals surface area (Å²) in [5.74, 6) is 0.393. The molecule has 9 heteroatoms. The van der Waals surface area contributed by atoms with E-state index in [9.17, 15) is 8.42 Å². The van der Waals surface area contributed by atoms with Crippen LogP contribution < -0.4 is 10.5 Å². The van der Waals surface area contributed by atoms with Gasteiger partial charge in [0, 0.05) is 12.6 Å².